The average Bonchev–Trinajstić information content (AvgIpc) is 3.32. The number of aromatic nitrogens is 1. The summed E-state index contributed by atoms with van der Waals surface area (Å²) in [6, 6.07) is 17.1. The van der Waals surface area contributed by atoms with Crippen molar-refractivity contribution in [1.82, 2.24) is 15.2 Å². The Bertz CT molecular complexity index is 930. The van der Waals surface area contributed by atoms with Gasteiger partial charge in [0.25, 0.3) is 0 Å². The number of pyridine rings is 1. The molecule has 0 unspecified atom stereocenters. The second-order valence-corrected chi connectivity index (χ2v) is 9.08. The third-order valence-corrected chi connectivity index (χ3v) is 6.98. The van der Waals surface area contributed by atoms with Gasteiger partial charge in [-0.2, -0.15) is 0 Å². The zero-order chi connectivity index (χ0) is 20.8. The fourth-order valence-corrected chi connectivity index (χ4v) is 5.07. The van der Waals surface area contributed by atoms with Crippen molar-refractivity contribution in [3.05, 3.63) is 77.4 Å². The van der Waals surface area contributed by atoms with E-state index in [1.54, 1.807) is 11.3 Å². The number of carbonyl (C=O) groups is 1. The summed E-state index contributed by atoms with van der Waals surface area (Å²) >= 11 is 1.76. The third-order valence-electron chi connectivity index (χ3n) is 6.06. The normalized spacial score (nSPS) is 16.3. The van der Waals surface area contributed by atoms with Gasteiger partial charge in [0.1, 0.15) is 0 Å². The van der Waals surface area contributed by atoms with Crippen LogP contribution >= 0.6 is 11.3 Å². The van der Waals surface area contributed by atoms with Crippen molar-refractivity contribution in [2.24, 2.45) is 5.41 Å². The maximum absolute atomic E-state index is 13.1. The first kappa shape index (κ1) is 20.8. The molecule has 1 N–H and O–H groups in total. The van der Waals surface area contributed by atoms with Crippen molar-refractivity contribution in [3.8, 4) is 10.4 Å². The second-order valence-electron chi connectivity index (χ2n) is 8.13. The molecule has 30 heavy (non-hydrogen) atoms. The molecule has 3 heterocycles. The summed E-state index contributed by atoms with van der Waals surface area (Å²) in [6.45, 7) is 5.43. The first-order valence-electron chi connectivity index (χ1n) is 10.7. The number of carbonyl (C=O) groups excluding carboxylic acids is 1. The van der Waals surface area contributed by atoms with E-state index in [-0.39, 0.29) is 11.3 Å². The summed E-state index contributed by atoms with van der Waals surface area (Å²) in [5.74, 6) is 0.202. The van der Waals surface area contributed by atoms with Crippen LogP contribution in [0.4, 0.5) is 0 Å². The number of amides is 1. The van der Waals surface area contributed by atoms with Crippen LogP contribution in [0.15, 0.2) is 66.3 Å². The van der Waals surface area contributed by atoms with Crippen LogP contribution in [-0.4, -0.2) is 35.4 Å². The van der Waals surface area contributed by atoms with Crippen LogP contribution in [0.1, 0.15) is 30.9 Å². The molecule has 0 saturated carbocycles. The lowest BCUT2D eigenvalue weighted by molar-refractivity contribution is -0.134. The fraction of sp³-hybridized carbons (Fsp3) is 0.360. The molecule has 156 valence electrons. The standard InChI is InChI=1S/C25H29N3OS/c1-2-27-24(29)25(11-14-28(15-12-25)19-21-5-3-13-26-18-21)17-20-7-9-22(10-8-20)23-6-4-16-30-23/h3-10,13,16,18H,2,11-12,14-15,17,19H2,1H3,(H,27,29). The molecule has 1 saturated heterocycles. The Morgan fingerprint density at radius 1 is 1.10 bits per heavy atom. The molecule has 5 heteroatoms. The number of rotatable bonds is 7. The Balaban J connectivity index is 1.46. The SMILES string of the molecule is CCNC(=O)C1(Cc2ccc(-c3cccs3)cc2)CCN(Cc2cccnc2)CC1. The van der Waals surface area contributed by atoms with Crippen molar-refractivity contribution in [3.63, 3.8) is 0 Å². The van der Waals surface area contributed by atoms with Gasteiger partial charge in [0.05, 0.1) is 5.41 Å². The molecular formula is C25H29N3OS. The summed E-state index contributed by atoms with van der Waals surface area (Å²) in [7, 11) is 0. The zero-order valence-electron chi connectivity index (χ0n) is 17.5. The average molecular weight is 420 g/mol. The molecule has 0 aliphatic carbocycles. The molecule has 0 atom stereocenters. The molecule has 0 radical (unpaired) electrons. The number of hydrogen-bond acceptors (Lipinski definition) is 4. The van der Waals surface area contributed by atoms with Crippen LogP contribution in [0.2, 0.25) is 0 Å². The number of hydrogen-bond donors (Lipinski definition) is 1. The number of nitrogens with zero attached hydrogens (tertiary/aromatic N) is 2. The van der Waals surface area contributed by atoms with Gasteiger partial charge in [-0.1, -0.05) is 36.4 Å². The zero-order valence-corrected chi connectivity index (χ0v) is 18.3. The number of benzene rings is 1. The molecule has 0 spiro atoms. The quantitative estimate of drug-likeness (QED) is 0.600. The predicted molar refractivity (Wildman–Crippen MR) is 123 cm³/mol. The highest BCUT2D eigenvalue weighted by atomic mass is 32.1. The summed E-state index contributed by atoms with van der Waals surface area (Å²) in [6.07, 6.45) is 6.30. The molecular weight excluding hydrogens is 390 g/mol. The van der Waals surface area contributed by atoms with Gasteiger partial charge in [0.2, 0.25) is 5.91 Å². The van der Waals surface area contributed by atoms with E-state index in [1.165, 1.54) is 21.6 Å². The first-order chi connectivity index (χ1) is 14.7. The Morgan fingerprint density at radius 2 is 1.90 bits per heavy atom. The molecule has 1 fully saturated rings. The molecule has 1 aromatic carbocycles. The van der Waals surface area contributed by atoms with E-state index < -0.39 is 0 Å². The van der Waals surface area contributed by atoms with E-state index in [0.29, 0.717) is 6.54 Å². The number of nitrogens with one attached hydrogen (secondary N) is 1. The van der Waals surface area contributed by atoms with Crippen molar-refractivity contribution in [2.45, 2.75) is 32.7 Å². The van der Waals surface area contributed by atoms with Crippen LogP contribution in [0.3, 0.4) is 0 Å². The van der Waals surface area contributed by atoms with Gasteiger partial charge >= 0.3 is 0 Å². The number of piperidine rings is 1. The topological polar surface area (TPSA) is 45.2 Å². The Kier molecular flexibility index (Phi) is 6.60. The van der Waals surface area contributed by atoms with Crippen LogP contribution < -0.4 is 5.32 Å². The van der Waals surface area contributed by atoms with E-state index in [2.05, 4.69) is 63.0 Å². The van der Waals surface area contributed by atoms with Crippen LogP contribution in [-0.2, 0) is 17.8 Å². The van der Waals surface area contributed by atoms with E-state index in [4.69, 9.17) is 0 Å². The predicted octanol–water partition coefficient (Wildman–Crippen LogP) is 4.77. The van der Waals surface area contributed by atoms with Gasteiger partial charge in [-0.05, 0) is 73.5 Å². The summed E-state index contributed by atoms with van der Waals surface area (Å²) in [4.78, 5) is 21.0. The number of likely N-dealkylation sites (tertiary alicyclic amines) is 1. The molecule has 4 nitrogen and oxygen atoms in total. The van der Waals surface area contributed by atoms with E-state index >= 15 is 0 Å². The highest BCUT2D eigenvalue weighted by molar-refractivity contribution is 7.13. The third kappa shape index (κ3) is 4.79. The van der Waals surface area contributed by atoms with Crippen LogP contribution in [0.5, 0.6) is 0 Å². The van der Waals surface area contributed by atoms with E-state index in [9.17, 15) is 4.79 Å². The van der Waals surface area contributed by atoms with Crippen LogP contribution in [0, 0.1) is 5.41 Å². The maximum Gasteiger partial charge on any atom is 0.226 e. The fourth-order valence-electron chi connectivity index (χ4n) is 4.34. The summed E-state index contributed by atoms with van der Waals surface area (Å²) in [5, 5.41) is 5.21. The monoisotopic (exact) mass is 419 g/mol. The van der Waals surface area contributed by atoms with Gasteiger partial charge < -0.3 is 5.32 Å². The minimum absolute atomic E-state index is 0.202. The van der Waals surface area contributed by atoms with Crippen molar-refractivity contribution < 1.29 is 4.79 Å². The largest absolute Gasteiger partial charge is 0.356 e. The van der Waals surface area contributed by atoms with E-state index in [0.717, 1.165) is 38.9 Å². The van der Waals surface area contributed by atoms with Gasteiger partial charge in [-0.3, -0.25) is 14.7 Å². The minimum Gasteiger partial charge on any atom is -0.356 e. The molecule has 1 aliphatic heterocycles. The molecule has 0 bridgehead atoms. The molecule has 4 rings (SSSR count). The second kappa shape index (κ2) is 9.54. The van der Waals surface area contributed by atoms with Gasteiger partial charge in [0.15, 0.2) is 0 Å². The molecule has 3 aromatic rings. The van der Waals surface area contributed by atoms with E-state index in [1.807, 2.05) is 25.4 Å². The highest BCUT2D eigenvalue weighted by Gasteiger charge is 2.41. The van der Waals surface area contributed by atoms with Crippen LogP contribution in [0.25, 0.3) is 10.4 Å². The molecule has 1 amide bonds. The summed E-state index contributed by atoms with van der Waals surface area (Å²) in [5.41, 5.74) is 3.38. The Labute approximate surface area is 183 Å². The van der Waals surface area contributed by atoms with Crippen molar-refractivity contribution >= 4 is 17.2 Å². The maximum atomic E-state index is 13.1. The molecule has 2 aromatic heterocycles. The Hall–Kier alpha value is -2.50. The van der Waals surface area contributed by atoms with Gasteiger partial charge in [-0.15, -0.1) is 11.3 Å². The molecule has 1 aliphatic rings. The minimum atomic E-state index is -0.327. The lowest BCUT2D eigenvalue weighted by Crippen LogP contribution is -2.49. The number of thiophene rings is 1. The Morgan fingerprint density at radius 3 is 2.53 bits per heavy atom. The lowest BCUT2D eigenvalue weighted by Gasteiger charge is -2.41. The first-order valence-corrected chi connectivity index (χ1v) is 11.6. The van der Waals surface area contributed by atoms with Crippen molar-refractivity contribution in [2.75, 3.05) is 19.6 Å². The van der Waals surface area contributed by atoms with Gasteiger partial charge in [0, 0.05) is 30.4 Å². The van der Waals surface area contributed by atoms with Crippen molar-refractivity contribution in [1.29, 1.82) is 0 Å². The summed E-state index contributed by atoms with van der Waals surface area (Å²) < 4.78 is 0. The highest BCUT2D eigenvalue weighted by Crippen LogP contribution is 2.36. The van der Waals surface area contributed by atoms with Gasteiger partial charge in [-0.25, -0.2) is 0 Å². The lowest BCUT2D eigenvalue weighted by atomic mass is 9.72. The smallest absolute Gasteiger partial charge is 0.226 e.